The van der Waals surface area contributed by atoms with Crippen LogP contribution >= 0.6 is 11.6 Å². The second-order valence-electron chi connectivity index (χ2n) is 13.2. The average molecular weight is 643 g/mol. The highest BCUT2D eigenvalue weighted by Gasteiger charge is 2.46. The number of hydrogen-bond donors (Lipinski definition) is 2. The number of aliphatic hydroxyl groups is 1. The molecule has 2 aromatic carbocycles. The molecule has 4 atom stereocenters. The lowest BCUT2D eigenvalue weighted by Gasteiger charge is -2.48. The summed E-state index contributed by atoms with van der Waals surface area (Å²) in [4.78, 5) is 15.1. The minimum absolute atomic E-state index is 0.0324. The van der Waals surface area contributed by atoms with E-state index in [1.165, 1.54) is 37.1 Å². The molecule has 1 amide bonds. The second-order valence-corrected chi connectivity index (χ2v) is 15.3. The van der Waals surface area contributed by atoms with Gasteiger partial charge in [-0.2, -0.15) is 0 Å². The van der Waals surface area contributed by atoms with Crippen molar-refractivity contribution in [3.05, 3.63) is 77.9 Å². The maximum Gasteiger partial charge on any atom is 0.265 e. The largest absolute Gasteiger partial charge is 0.490 e. The van der Waals surface area contributed by atoms with Crippen molar-refractivity contribution in [1.82, 2.24) is 4.72 Å². The van der Waals surface area contributed by atoms with Gasteiger partial charge in [0.2, 0.25) is 0 Å². The summed E-state index contributed by atoms with van der Waals surface area (Å²) < 4.78 is 41.2. The SMILES string of the molecule is C=CCOC(C)(C)C(=O)NS(=O)(=O)c1ccc2c(c1)N(C[C@@H]1CC[C@H]1[C@@](C)(O)C=C)C[C@@]1(CCCc3cc(Cl)ccc31)CO2. The molecule has 1 spiro atoms. The maximum absolute atomic E-state index is 13.5. The fraction of sp³-hybridized carbons (Fsp3) is 0.500. The Morgan fingerprint density at radius 2 is 2.00 bits per heavy atom. The molecule has 3 aliphatic rings. The van der Waals surface area contributed by atoms with Crippen molar-refractivity contribution in [1.29, 1.82) is 0 Å². The van der Waals surface area contributed by atoms with Crippen LogP contribution in [-0.2, 0) is 31.4 Å². The number of anilines is 1. The minimum atomic E-state index is -4.24. The quantitative estimate of drug-likeness (QED) is 0.327. The van der Waals surface area contributed by atoms with Gasteiger partial charge in [-0.25, -0.2) is 13.1 Å². The molecule has 238 valence electrons. The molecule has 0 unspecified atom stereocenters. The summed E-state index contributed by atoms with van der Waals surface area (Å²) >= 11 is 6.38. The summed E-state index contributed by atoms with van der Waals surface area (Å²) in [5, 5.41) is 11.7. The van der Waals surface area contributed by atoms with E-state index in [9.17, 15) is 18.3 Å². The number of carbonyl (C=O) groups is 1. The Bertz CT molecular complexity index is 1550. The topological polar surface area (TPSA) is 105 Å². The van der Waals surface area contributed by atoms with E-state index >= 15 is 0 Å². The van der Waals surface area contributed by atoms with Crippen molar-refractivity contribution in [2.75, 3.05) is 31.2 Å². The molecule has 0 bridgehead atoms. The Kier molecular flexibility index (Phi) is 8.99. The number of sulfonamides is 1. The highest BCUT2D eigenvalue weighted by Crippen LogP contribution is 2.48. The Hall–Kier alpha value is -2.85. The van der Waals surface area contributed by atoms with E-state index in [2.05, 4.69) is 28.8 Å². The summed E-state index contributed by atoms with van der Waals surface area (Å²) in [6.07, 6.45) is 7.76. The lowest BCUT2D eigenvalue weighted by Crippen LogP contribution is -2.51. The molecule has 44 heavy (non-hydrogen) atoms. The number of carbonyl (C=O) groups excluding carboxylic acids is 1. The second kappa shape index (κ2) is 12.2. The van der Waals surface area contributed by atoms with Crippen molar-refractivity contribution in [3.63, 3.8) is 0 Å². The lowest BCUT2D eigenvalue weighted by atomic mass is 9.65. The molecule has 0 aromatic heterocycles. The Morgan fingerprint density at radius 3 is 2.68 bits per heavy atom. The molecule has 1 aliphatic heterocycles. The normalized spacial score (nSPS) is 24.5. The van der Waals surface area contributed by atoms with Crippen LogP contribution in [0.1, 0.15) is 57.6 Å². The van der Waals surface area contributed by atoms with Gasteiger partial charge in [-0.05, 0) is 106 Å². The third-order valence-corrected chi connectivity index (χ3v) is 11.3. The van der Waals surface area contributed by atoms with Gasteiger partial charge < -0.3 is 19.5 Å². The van der Waals surface area contributed by atoms with Gasteiger partial charge in [0.1, 0.15) is 11.4 Å². The summed E-state index contributed by atoms with van der Waals surface area (Å²) in [6, 6.07) is 10.8. The van der Waals surface area contributed by atoms with E-state index in [1.807, 2.05) is 12.1 Å². The summed E-state index contributed by atoms with van der Waals surface area (Å²) in [7, 11) is -4.24. The van der Waals surface area contributed by atoms with Crippen LogP contribution in [0.2, 0.25) is 5.02 Å². The van der Waals surface area contributed by atoms with Crippen molar-refractivity contribution >= 4 is 33.2 Å². The van der Waals surface area contributed by atoms with Gasteiger partial charge in [-0.1, -0.05) is 29.8 Å². The van der Waals surface area contributed by atoms with E-state index in [1.54, 1.807) is 25.1 Å². The number of halogens is 1. The van der Waals surface area contributed by atoms with Crippen molar-refractivity contribution in [2.24, 2.45) is 11.8 Å². The molecular weight excluding hydrogens is 600 g/mol. The van der Waals surface area contributed by atoms with Crippen molar-refractivity contribution < 1.29 is 27.8 Å². The smallest absolute Gasteiger partial charge is 0.265 e. The molecule has 2 aromatic rings. The van der Waals surface area contributed by atoms with Crippen molar-refractivity contribution in [3.8, 4) is 5.75 Å². The highest BCUT2D eigenvalue weighted by molar-refractivity contribution is 7.90. The first-order chi connectivity index (χ1) is 20.7. The van der Waals surface area contributed by atoms with Crippen LogP contribution in [0.25, 0.3) is 0 Å². The molecule has 2 aliphatic carbocycles. The van der Waals surface area contributed by atoms with Gasteiger partial charge >= 0.3 is 0 Å². The van der Waals surface area contributed by atoms with Crippen molar-refractivity contribution in [2.45, 2.75) is 74.4 Å². The number of hydrogen-bond acceptors (Lipinski definition) is 7. The summed E-state index contributed by atoms with van der Waals surface area (Å²) in [5.74, 6) is 0.00380. The molecule has 5 rings (SSSR count). The third-order valence-electron chi connectivity index (χ3n) is 9.69. The summed E-state index contributed by atoms with van der Waals surface area (Å²) in [6.45, 7) is 14.0. The fourth-order valence-corrected chi connectivity index (χ4v) is 8.21. The number of aryl methyl sites for hydroxylation is 1. The zero-order valence-electron chi connectivity index (χ0n) is 25.8. The first kappa shape index (κ1) is 32.5. The first-order valence-corrected chi connectivity index (χ1v) is 17.1. The number of benzene rings is 2. The zero-order chi connectivity index (χ0) is 31.9. The first-order valence-electron chi connectivity index (χ1n) is 15.2. The molecule has 0 radical (unpaired) electrons. The Morgan fingerprint density at radius 1 is 1.23 bits per heavy atom. The van der Waals surface area contributed by atoms with Crippen LogP contribution in [-0.4, -0.2) is 56.9 Å². The van der Waals surface area contributed by atoms with E-state index in [4.69, 9.17) is 21.1 Å². The van der Waals surface area contributed by atoms with Gasteiger partial charge in [0.25, 0.3) is 15.9 Å². The maximum atomic E-state index is 13.5. The minimum Gasteiger partial charge on any atom is -0.490 e. The van der Waals surface area contributed by atoms with Gasteiger partial charge in [-0.15, -0.1) is 13.2 Å². The third kappa shape index (κ3) is 6.29. The molecule has 8 nitrogen and oxygen atoms in total. The van der Waals surface area contributed by atoms with Gasteiger partial charge in [0, 0.05) is 23.5 Å². The predicted octanol–water partition coefficient (Wildman–Crippen LogP) is 5.56. The summed E-state index contributed by atoms with van der Waals surface area (Å²) in [5.41, 5.74) is 0.335. The van der Waals surface area contributed by atoms with E-state index in [0.29, 0.717) is 36.2 Å². The molecule has 1 heterocycles. The lowest BCUT2D eigenvalue weighted by molar-refractivity contribution is -0.139. The molecule has 10 heteroatoms. The van der Waals surface area contributed by atoms with Crippen LogP contribution in [0.4, 0.5) is 5.69 Å². The molecule has 1 saturated carbocycles. The van der Waals surface area contributed by atoms with Gasteiger partial charge in [0.15, 0.2) is 0 Å². The Labute approximate surface area is 266 Å². The number of fused-ring (bicyclic) bond motifs is 3. The molecule has 2 N–H and O–H groups in total. The highest BCUT2D eigenvalue weighted by atomic mass is 35.5. The average Bonchev–Trinajstić information content (AvgIpc) is 3.10. The molecule has 0 saturated heterocycles. The standard InChI is InChI=1S/C34H43ClN2O6S/c1-6-17-43-32(3,4)31(38)36-44(40,41)26-12-15-30-29(19-26)37(20-24-10-13-27(24)33(5,39)7-2)21-34(22-42-30)16-8-9-23-18-25(35)11-14-28(23)34/h6-7,11-12,14-15,18-19,24,27,39H,1-2,8-10,13,16-17,20-22H2,3-5H3,(H,36,38)/t24-,27+,33-,34-/m0/s1. The number of rotatable bonds is 10. The fourth-order valence-electron chi connectivity index (χ4n) is 6.89. The van der Waals surface area contributed by atoms with Gasteiger partial charge in [0.05, 0.1) is 29.4 Å². The van der Waals surface area contributed by atoms with E-state index < -0.39 is 27.1 Å². The number of ether oxygens (including phenoxy) is 2. The predicted molar refractivity (Wildman–Crippen MR) is 173 cm³/mol. The van der Waals surface area contributed by atoms with Crippen LogP contribution in [0.5, 0.6) is 5.75 Å². The van der Waals surface area contributed by atoms with Gasteiger partial charge in [-0.3, -0.25) is 4.79 Å². The number of nitrogens with zero attached hydrogens (tertiary/aromatic N) is 1. The van der Waals surface area contributed by atoms with Crippen LogP contribution < -0.4 is 14.4 Å². The van der Waals surface area contributed by atoms with Crippen LogP contribution in [0.3, 0.4) is 0 Å². The molecule has 1 fully saturated rings. The van der Waals surface area contributed by atoms with Crippen LogP contribution in [0, 0.1) is 11.8 Å². The van der Waals surface area contributed by atoms with E-state index in [0.717, 1.165) is 32.1 Å². The van der Waals surface area contributed by atoms with E-state index in [-0.39, 0.29) is 28.8 Å². The zero-order valence-corrected chi connectivity index (χ0v) is 27.3. The number of nitrogens with one attached hydrogen (secondary N) is 1. The Balaban J connectivity index is 1.52. The number of amides is 1. The monoisotopic (exact) mass is 642 g/mol. The van der Waals surface area contributed by atoms with Crippen LogP contribution in [0.15, 0.2) is 66.6 Å². The molecular formula is C34H43ClN2O6S.